The molecule has 0 aliphatic heterocycles. The van der Waals surface area contributed by atoms with Gasteiger partial charge in [-0.25, -0.2) is 13.4 Å². The Balaban J connectivity index is 1.61. The Morgan fingerprint density at radius 1 is 0.919 bits per heavy atom. The number of rotatable bonds is 7. The van der Waals surface area contributed by atoms with Gasteiger partial charge in [-0.2, -0.15) is 0 Å². The van der Waals surface area contributed by atoms with Crippen LogP contribution in [0.5, 0.6) is 0 Å². The Morgan fingerprint density at radius 2 is 1.68 bits per heavy atom. The van der Waals surface area contributed by atoms with Crippen molar-refractivity contribution in [2.45, 2.75) is 0 Å². The number of nitrogens with one attached hydrogen (secondary N) is 3. The van der Waals surface area contributed by atoms with E-state index < -0.39 is 21.8 Å². The molecule has 0 unspecified atom stereocenters. The van der Waals surface area contributed by atoms with E-state index >= 15 is 0 Å². The summed E-state index contributed by atoms with van der Waals surface area (Å²) in [6, 6.07) is 18.3. The number of anilines is 3. The van der Waals surface area contributed by atoms with Gasteiger partial charge in [-0.15, -0.1) is 0 Å². The summed E-state index contributed by atoms with van der Waals surface area (Å²) < 4.78 is 27.1. The number of hydrogen-bond acceptors (Lipinski definition) is 6. The van der Waals surface area contributed by atoms with E-state index in [2.05, 4.69) is 20.3 Å². The summed E-state index contributed by atoms with van der Waals surface area (Å²) in [5.74, 6) is -0.949. The Labute approximate surface area is 217 Å². The van der Waals surface area contributed by atoms with Crippen LogP contribution in [0.2, 0.25) is 5.02 Å². The number of aromatic nitrogens is 2. The molecule has 0 spiro atoms. The Hall–Kier alpha value is -4.48. The standard InChI is InChI=1S/C25H20ClN5O5S/c1-37(35,36)30-18-8-11-21(20(14-18)25(34)29-22-12-7-17(26)15-27-22)28-24(33)16-5-9-19(10-6-16)31-13-3-2-4-23(31)32/h2-15,30H,1H3,(H,28,33)(H,27,29,34). The molecular weight excluding hydrogens is 518 g/mol. The van der Waals surface area contributed by atoms with E-state index in [0.717, 1.165) is 6.26 Å². The Kier molecular flexibility index (Phi) is 7.37. The summed E-state index contributed by atoms with van der Waals surface area (Å²) in [4.78, 5) is 42.1. The molecule has 0 bridgehead atoms. The van der Waals surface area contributed by atoms with E-state index in [1.165, 1.54) is 41.1 Å². The zero-order valence-electron chi connectivity index (χ0n) is 19.3. The van der Waals surface area contributed by atoms with Crippen LogP contribution in [0.4, 0.5) is 17.2 Å². The van der Waals surface area contributed by atoms with Crippen molar-refractivity contribution in [3.8, 4) is 5.69 Å². The maximum Gasteiger partial charge on any atom is 0.259 e. The van der Waals surface area contributed by atoms with Crippen LogP contribution in [0.25, 0.3) is 5.69 Å². The maximum absolute atomic E-state index is 13.0. The molecule has 0 radical (unpaired) electrons. The lowest BCUT2D eigenvalue weighted by Crippen LogP contribution is -2.20. The molecule has 0 atom stereocenters. The largest absolute Gasteiger partial charge is 0.321 e. The molecule has 2 amide bonds. The van der Waals surface area contributed by atoms with Gasteiger partial charge in [0.05, 0.1) is 22.5 Å². The predicted molar refractivity (Wildman–Crippen MR) is 142 cm³/mol. The van der Waals surface area contributed by atoms with Crippen LogP contribution in [0.1, 0.15) is 20.7 Å². The monoisotopic (exact) mass is 537 g/mol. The number of sulfonamides is 1. The van der Waals surface area contributed by atoms with Crippen molar-refractivity contribution in [2.75, 3.05) is 21.6 Å². The lowest BCUT2D eigenvalue weighted by molar-refractivity contribution is 0.102. The first kappa shape index (κ1) is 25.6. The van der Waals surface area contributed by atoms with Gasteiger partial charge in [-0.1, -0.05) is 17.7 Å². The van der Waals surface area contributed by atoms with Crippen LogP contribution in [-0.4, -0.2) is 36.0 Å². The summed E-state index contributed by atoms with van der Waals surface area (Å²) in [6.07, 6.45) is 3.95. The van der Waals surface area contributed by atoms with E-state index in [1.807, 2.05) is 0 Å². The molecule has 10 nitrogen and oxygen atoms in total. The van der Waals surface area contributed by atoms with Crippen molar-refractivity contribution < 1.29 is 18.0 Å². The lowest BCUT2D eigenvalue weighted by Gasteiger charge is -2.14. The van der Waals surface area contributed by atoms with Crippen molar-refractivity contribution in [3.63, 3.8) is 0 Å². The number of hydrogen-bond donors (Lipinski definition) is 3. The van der Waals surface area contributed by atoms with E-state index in [0.29, 0.717) is 10.7 Å². The molecule has 0 aliphatic carbocycles. The highest BCUT2D eigenvalue weighted by Gasteiger charge is 2.17. The highest BCUT2D eigenvalue weighted by atomic mass is 35.5. The highest BCUT2D eigenvalue weighted by molar-refractivity contribution is 7.92. The van der Waals surface area contributed by atoms with Crippen molar-refractivity contribution in [1.29, 1.82) is 0 Å². The summed E-state index contributed by atoms with van der Waals surface area (Å²) in [5.41, 5.74) is 0.899. The van der Waals surface area contributed by atoms with Gasteiger partial charge in [0, 0.05) is 35.4 Å². The number of halogens is 1. The van der Waals surface area contributed by atoms with Crippen LogP contribution in [0.3, 0.4) is 0 Å². The third-order valence-corrected chi connectivity index (χ3v) is 5.84. The number of amides is 2. The van der Waals surface area contributed by atoms with Crippen LogP contribution < -0.4 is 20.9 Å². The smallest absolute Gasteiger partial charge is 0.259 e. The minimum atomic E-state index is -3.61. The molecule has 0 aliphatic rings. The molecule has 37 heavy (non-hydrogen) atoms. The number of pyridine rings is 2. The summed E-state index contributed by atoms with van der Waals surface area (Å²) in [6.45, 7) is 0. The molecule has 2 heterocycles. The lowest BCUT2D eigenvalue weighted by atomic mass is 10.1. The fourth-order valence-electron chi connectivity index (χ4n) is 3.36. The SMILES string of the molecule is CS(=O)(=O)Nc1ccc(NC(=O)c2ccc(-n3ccccc3=O)cc2)c(C(=O)Nc2ccc(Cl)cn2)c1. The summed E-state index contributed by atoms with van der Waals surface area (Å²) in [7, 11) is -3.61. The molecule has 0 fully saturated rings. The second-order valence-corrected chi connectivity index (χ2v) is 10.0. The molecule has 2 aromatic carbocycles. The van der Waals surface area contributed by atoms with E-state index in [4.69, 9.17) is 11.6 Å². The van der Waals surface area contributed by atoms with Crippen LogP contribution in [0.15, 0.2) is 90.0 Å². The molecule has 12 heteroatoms. The summed E-state index contributed by atoms with van der Waals surface area (Å²) >= 11 is 5.84. The fraction of sp³-hybridized carbons (Fsp3) is 0.0400. The fourth-order valence-corrected chi connectivity index (χ4v) is 4.03. The highest BCUT2D eigenvalue weighted by Crippen LogP contribution is 2.24. The first-order valence-corrected chi connectivity index (χ1v) is 13.0. The Morgan fingerprint density at radius 3 is 2.32 bits per heavy atom. The van der Waals surface area contributed by atoms with E-state index in [-0.39, 0.29) is 33.9 Å². The quantitative estimate of drug-likeness (QED) is 0.328. The van der Waals surface area contributed by atoms with Crippen LogP contribution in [-0.2, 0) is 10.0 Å². The van der Waals surface area contributed by atoms with Gasteiger partial charge in [-0.3, -0.25) is 23.7 Å². The average Bonchev–Trinajstić information content (AvgIpc) is 2.86. The van der Waals surface area contributed by atoms with Crippen molar-refractivity contribution >= 4 is 50.6 Å². The number of carbonyl (C=O) groups excluding carboxylic acids is 2. The van der Waals surface area contributed by atoms with Crippen LogP contribution >= 0.6 is 11.6 Å². The third-order valence-electron chi connectivity index (χ3n) is 5.01. The molecule has 4 rings (SSSR count). The molecule has 3 N–H and O–H groups in total. The maximum atomic E-state index is 13.0. The average molecular weight is 538 g/mol. The molecule has 4 aromatic rings. The van der Waals surface area contributed by atoms with Gasteiger partial charge >= 0.3 is 0 Å². The normalized spacial score (nSPS) is 11.0. The van der Waals surface area contributed by atoms with Gasteiger partial charge in [0.15, 0.2) is 0 Å². The minimum absolute atomic E-state index is 0.00814. The van der Waals surface area contributed by atoms with Crippen molar-refractivity contribution in [2.24, 2.45) is 0 Å². The van der Waals surface area contributed by atoms with Crippen LogP contribution in [0, 0.1) is 0 Å². The van der Waals surface area contributed by atoms with Crippen molar-refractivity contribution in [1.82, 2.24) is 9.55 Å². The number of nitrogens with zero attached hydrogens (tertiary/aromatic N) is 2. The zero-order valence-corrected chi connectivity index (χ0v) is 20.9. The van der Waals surface area contributed by atoms with Gasteiger partial charge in [-0.05, 0) is 60.7 Å². The predicted octanol–water partition coefficient (Wildman–Crippen LogP) is 3.76. The van der Waals surface area contributed by atoms with Gasteiger partial charge in [0.2, 0.25) is 10.0 Å². The van der Waals surface area contributed by atoms with E-state index in [1.54, 1.807) is 48.7 Å². The molecule has 0 saturated carbocycles. The second kappa shape index (κ2) is 10.6. The first-order valence-electron chi connectivity index (χ1n) is 10.7. The molecule has 2 aromatic heterocycles. The molecule has 0 saturated heterocycles. The van der Waals surface area contributed by atoms with Crippen molar-refractivity contribution in [3.05, 3.63) is 112 Å². The Bertz CT molecular complexity index is 1640. The molecule has 188 valence electrons. The number of benzene rings is 2. The second-order valence-electron chi connectivity index (χ2n) is 7.86. The van der Waals surface area contributed by atoms with Gasteiger partial charge in [0.1, 0.15) is 5.82 Å². The van der Waals surface area contributed by atoms with Gasteiger partial charge < -0.3 is 10.6 Å². The first-order chi connectivity index (χ1) is 17.6. The van der Waals surface area contributed by atoms with Gasteiger partial charge in [0.25, 0.3) is 17.4 Å². The minimum Gasteiger partial charge on any atom is -0.321 e. The van der Waals surface area contributed by atoms with E-state index in [9.17, 15) is 22.8 Å². The third kappa shape index (κ3) is 6.60. The molecular formula is C25H20ClN5O5S. The number of carbonyl (C=O) groups is 2. The summed E-state index contributed by atoms with van der Waals surface area (Å²) in [5, 5.41) is 5.65. The zero-order chi connectivity index (χ0) is 26.6. The topological polar surface area (TPSA) is 139 Å².